The number of hydrogen-bond donors (Lipinski definition) is 0. The topological polar surface area (TPSA) is 0 Å². The first-order valence-electron chi connectivity index (χ1n) is 25.2. The van der Waals surface area contributed by atoms with Crippen LogP contribution in [0, 0.1) is 0 Å². The number of hydrogen-bond acceptors (Lipinski definition) is 0. The first-order chi connectivity index (χ1) is 36.2. The zero-order valence-electron chi connectivity index (χ0n) is 39.8. The maximum atomic E-state index is 2.51. The van der Waals surface area contributed by atoms with Gasteiger partial charge in [0.1, 0.15) is 0 Å². The summed E-state index contributed by atoms with van der Waals surface area (Å²) in [6, 6.07) is 99.7. The Bertz CT molecular complexity index is 4600. The summed E-state index contributed by atoms with van der Waals surface area (Å²) in [7, 11) is 0. The molecule has 1 heteroatoms. The fourth-order valence-corrected chi connectivity index (χ4v) is 14.7. The molecule has 0 nitrogen and oxygen atoms in total. The van der Waals surface area contributed by atoms with E-state index in [1.54, 1.807) is 0 Å². The molecule has 0 aliphatic heterocycles. The van der Waals surface area contributed by atoms with Crippen LogP contribution in [0.15, 0.2) is 267 Å². The zero-order chi connectivity index (χ0) is 48.0. The smallest absolute Gasteiger partial charge is 0.0544 e. The Morgan fingerprint density at radius 2 is 0.479 bits per heavy atom. The van der Waals surface area contributed by atoms with Crippen LogP contribution in [-0.4, -0.2) is 14.5 Å². The van der Waals surface area contributed by atoms with Gasteiger partial charge in [-0.1, -0.05) is 66.7 Å². The van der Waals surface area contributed by atoms with E-state index in [1.165, 1.54) is 151 Å². The normalized spacial score (nSPS) is 11.8. The molecule has 0 amide bonds. The molecule has 0 aliphatic carbocycles. The predicted octanol–water partition coefficient (Wildman–Crippen LogP) is 20.0. The summed E-state index contributed by atoms with van der Waals surface area (Å²) in [6.45, 7) is 0. The third-order valence-corrected chi connectivity index (χ3v) is 17.8. The second kappa shape index (κ2) is 16.9. The predicted molar refractivity (Wildman–Crippen MR) is 316 cm³/mol. The van der Waals surface area contributed by atoms with Gasteiger partial charge >= 0.3 is 360 Å². The molecule has 15 aromatic rings. The van der Waals surface area contributed by atoms with E-state index in [1.807, 2.05) is 0 Å². The van der Waals surface area contributed by atoms with Crippen molar-refractivity contribution in [3.63, 3.8) is 0 Å². The summed E-state index contributed by atoms with van der Waals surface area (Å²) < 4.78 is 2.88. The van der Waals surface area contributed by atoms with E-state index in [-0.39, 0.29) is 14.5 Å². The third-order valence-electron chi connectivity index (χ3n) is 15.5. The molecule has 0 bridgehead atoms. The largest absolute Gasteiger partial charge is 0.0617 e. The molecule has 73 heavy (non-hydrogen) atoms. The summed E-state index contributed by atoms with van der Waals surface area (Å²) >= 11 is 0.158. The molecule has 0 radical (unpaired) electrons. The van der Waals surface area contributed by atoms with E-state index in [9.17, 15) is 0 Å². The third kappa shape index (κ3) is 6.60. The van der Waals surface area contributed by atoms with Crippen LogP contribution in [0.5, 0.6) is 0 Å². The van der Waals surface area contributed by atoms with Crippen molar-refractivity contribution in [3.8, 4) is 66.8 Å². The van der Waals surface area contributed by atoms with Gasteiger partial charge < -0.3 is 0 Å². The number of rotatable bonds is 6. The molecule has 0 saturated carbocycles. The van der Waals surface area contributed by atoms with Gasteiger partial charge in [-0.25, -0.2) is 0 Å². The minimum Gasteiger partial charge on any atom is -0.0617 e. The van der Waals surface area contributed by atoms with Crippen LogP contribution in [0.4, 0.5) is 0 Å². The Hall–Kier alpha value is -8.84. The fourth-order valence-electron chi connectivity index (χ4n) is 12.3. The average molecular weight is 988 g/mol. The molecule has 0 fully saturated rings. The van der Waals surface area contributed by atoms with Crippen LogP contribution in [0.25, 0.3) is 151 Å². The van der Waals surface area contributed by atoms with Crippen LogP contribution < -0.4 is 0 Å². The fraction of sp³-hybridized carbons (Fsp3) is 0. The van der Waals surface area contributed by atoms with Crippen molar-refractivity contribution in [2.24, 2.45) is 0 Å². The molecule has 0 saturated heterocycles. The Morgan fingerprint density at radius 3 is 0.890 bits per heavy atom. The summed E-state index contributed by atoms with van der Waals surface area (Å²) in [6.07, 6.45) is 0. The van der Waals surface area contributed by atoms with Crippen molar-refractivity contribution in [2.75, 3.05) is 0 Å². The maximum Gasteiger partial charge on any atom is -0.0544 e. The van der Waals surface area contributed by atoms with Crippen molar-refractivity contribution < 1.29 is 0 Å². The molecule has 0 N–H and O–H groups in total. The molecule has 0 aliphatic rings. The van der Waals surface area contributed by atoms with Gasteiger partial charge in [-0.15, -0.1) is 0 Å². The maximum absolute atomic E-state index is 2.51. The van der Waals surface area contributed by atoms with E-state index in [0.29, 0.717) is 0 Å². The molecular weight excluding hydrogens is 944 g/mol. The number of fused-ring (bicyclic) bond motifs is 9. The molecule has 14 aromatic carbocycles. The van der Waals surface area contributed by atoms with Crippen LogP contribution in [0.1, 0.15) is 0 Å². The molecule has 1 heterocycles. The molecule has 338 valence electrons. The van der Waals surface area contributed by atoms with Crippen molar-refractivity contribution in [2.45, 2.75) is 0 Å². The van der Waals surface area contributed by atoms with Gasteiger partial charge in [0, 0.05) is 0 Å². The van der Waals surface area contributed by atoms with Gasteiger partial charge in [-0.05, 0) is 5.56 Å². The first kappa shape index (κ1) is 41.9. The molecule has 1 aromatic heterocycles. The van der Waals surface area contributed by atoms with E-state index in [4.69, 9.17) is 0 Å². The Kier molecular flexibility index (Phi) is 9.70. The first-order valence-corrected chi connectivity index (χ1v) is 27.0. The average Bonchev–Trinajstić information content (AvgIpc) is 3.83. The standard InChI is InChI=1S/C72H44Se/c1-3-19-45(20-4-1)49-38-40-64(53-25-9-7-23-51(49)53)71-60-31-15-11-27-56(60)69(57-28-12-16-32-61(57)71)47-36-42-67-66(43-47)55-37-35-48(44-68(55)73-67)70-58-29-13-17-33-62(58)72(63-34-18-14-30-59(63)70)65-41-39-50(46-21-5-2-6-22-46)52-24-8-10-26-54(52)65/h1-44H. The summed E-state index contributed by atoms with van der Waals surface area (Å²) in [5.41, 5.74) is 15.2. The van der Waals surface area contributed by atoms with Crippen LogP contribution >= 0.6 is 0 Å². The number of benzene rings is 14. The molecule has 0 unspecified atom stereocenters. The second-order valence-electron chi connectivity index (χ2n) is 19.4. The molecular formula is C72H44Se. The quantitative estimate of drug-likeness (QED) is 0.115. The molecule has 0 atom stereocenters. The van der Waals surface area contributed by atoms with Crippen LogP contribution in [0.3, 0.4) is 0 Å². The Morgan fingerprint density at radius 1 is 0.164 bits per heavy atom. The van der Waals surface area contributed by atoms with Gasteiger partial charge in [0.15, 0.2) is 0 Å². The molecule has 15 rings (SSSR count). The van der Waals surface area contributed by atoms with Crippen LogP contribution in [0.2, 0.25) is 0 Å². The minimum atomic E-state index is 0.158. The summed E-state index contributed by atoms with van der Waals surface area (Å²) in [5.74, 6) is 0. The van der Waals surface area contributed by atoms with Gasteiger partial charge in [0.25, 0.3) is 0 Å². The van der Waals surface area contributed by atoms with Crippen molar-refractivity contribution in [1.82, 2.24) is 0 Å². The molecule has 0 spiro atoms. The van der Waals surface area contributed by atoms with E-state index < -0.39 is 0 Å². The van der Waals surface area contributed by atoms with Crippen molar-refractivity contribution in [3.05, 3.63) is 267 Å². The van der Waals surface area contributed by atoms with Crippen molar-refractivity contribution in [1.29, 1.82) is 0 Å². The van der Waals surface area contributed by atoms with Crippen LogP contribution in [-0.2, 0) is 0 Å². The SMILES string of the molecule is c1ccc(-c2ccc(-c3c4ccccc4c(-c4ccc5c(c4)[se]c4ccc(-c6c7ccccc7c(-c7ccc(-c8ccccc8)c8ccccc78)c7ccccc67)cc45)c4ccccc34)c3ccccc23)cc1. The van der Waals surface area contributed by atoms with Gasteiger partial charge in [0.05, 0.1) is 0 Å². The van der Waals surface area contributed by atoms with E-state index in [0.717, 1.165) is 0 Å². The zero-order valence-corrected chi connectivity index (χ0v) is 41.5. The van der Waals surface area contributed by atoms with Gasteiger partial charge in [-0.3, -0.25) is 0 Å². The summed E-state index contributed by atoms with van der Waals surface area (Å²) in [4.78, 5) is 0. The van der Waals surface area contributed by atoms with E-state index >= 15 is 0 Å². The van der Waals surface area contributed by atoms with Crippen molar-refractivity contribution >= 4 is 98.4 Å². The minimum absolute atomic E-state index is 0.158. The second-order valence-corrected chi connectivity index (χ2v) is 21.6. The van der Waals surface area contributed by atoms with Gasteiger partial charge in [-0.2, -0.15) is 0 Å². The van der Waals surface area contributed by atoms with Gasteiger partial charge in [0.2, 0.25) is 0 Å². The van der Waals surface area contributed by atoms with E-state index in [2.05, 4.69) is 267 Å². The summed E-state index contributed by atoms with van der Waals surface area (Å²) in [5, 5.41) is 18.0. The monoisotopic (exact) mass is 988 g/mol. The Labute approximate surface area is 429 Å². The Balaban J connectivity index is 0.892.